The number of carbonyl (C=O) groups is 1. The zero-order valence-electron chi connectivity index (χ0n) is 11.6. The molecule has 2 aliphatic rings. The van der Waals surface area contributed by atoms with Gasteiger partial charge >= 0.3 is 0 Å². The Balaban J connectivity index is 1.67. The summed E-state index contributed by atoms with van der Waals surface area (Å²) in [6.07, 6.45) is 2.86. The van der Waals surface area contributed by atoms with Gasteiger partial charge in [0, 0.05) is 12.6 Å². The van der Waals surface area contributed by atoms with Crippen molar-refractivity contribution in [3.63, 3.8) is 0 Å². The SMILES string of the molecule is CC(NCC1(O)CCC1)c1ccc2c(c1)NC(=O)CO2. The molecule has 0 aromatic heterocycles. The minimum Gasteiger partial charge on any atom is -0.482 e. The molecule has 0 radical (unpaired) electrons. The number of benzene rings is 1. The van der Waals surface area contributed by atoms with Gasteiger partial charge in [-0.1, -0.05) is 6.07 Å². The number of amides is 1. The van der Waals surface area contributed by atoms with Crippen molar-refractivity contribution in [2.75, 3.05) is 18.5 Å². The molecule has 1 amide bonds. The molecule has 0 bridgehead atoms. The topological polar surface area (TPSA) is 70.6 Å². The Hall–Kier alpha value is -1.59. The van der Waals surface area contributed by atoms with Crippen molar-refractivity contribution in [1.29, 1.82) is 0 Å². The van der Waals surface area contributed by atoms with Gasteiger partial charge in [0.25, 0.3) is 5.91 Å². The fourth-order valence-electron chi connectivity index (χ4n) is 2.59. The molecule has 20 heavy (non-hydrogen) atoms. The van der Waals surface area contributed by atoms with E-state index in [4.69, 9.17) is 4.74 Å². The standard InChI is InChI=1S/C15H20N2O3/c1-10(16-9-15(19)5-2-6-15)11-3-4-13-12(7-11)17-14(18)8-20-13/h3-4,7,10,16,19H,2,5-6,8-9H2,1H3,(H,17,18). The number of nitrogens with one attached hydrogen (secondary N) is 2. The number of anilines is 1. The molecular weight excluding hydrogens is 256 g/mol. The molecule has 1 aromatic carbocycles. The summed E-state index contributed by atoms with van der Waals surface area (Å²) >= 11 is 0. The molecule has 5 heteroatoms. The minimum atomic E-state index is -0.528. The van der Waals surface area contributed by atoms with E-state index >= 15 is 0 Å². The van der Waals surface area contributed by atoms with Crippen LogP contribution >= 0.6 is 0 Å². The van der Waals surface area contributed by atoms with Gasteiger partial charge in [-0.15, -0.1) is 0 Å². The summed E-state index contributed by atoms with van der Waals surface area (Å²) in [5.74, 6) is 0.581. The molecule has 1 heterocycles. The van der Waals surface area contributed by atoms with Crippen molar-refractivity contribution in [3.8, 4) is 5.75 Å². The fraction of sp³-hybridized carbons (Fsp3) is 0.533. The summed E-state index contributed by atoms with van der Waals surface area (Å²) in [5, 5.41) is 16.3. The Morgan fingerprint density at radius 3 is 3.00 bits per heavy atom. The largest absolute Gasteiger partial charge is 0.482 e. The minimum absolute atomic E-state index is 0.0766. The van der Waals surface area contributed by atoms with E-state index in [9.17, 15) is 9.90 Å². The normalized spacial score (nSPS) is 21.2. The Bertz CT molecular complexity index is 526. The van der Waals surface area contributed by atoms with Crippen molar-refractivity contribution in [3.05, 3.63) is 23.8 Å². The van der Waals surface area contributed by atoms with Crippen LogP contribution in [-0.4, -0.2) is 29.8 Å². The quantitative estimate of drug-likeness (QED) is 0.781. The highest BCUT2D eigenvalue weighted by Crippen LogP contribution is 2.33. The first-order chi connectivity index (χ1) is 9.56. The lowest BCUT2D eigenvalue weighted by molar-refractivity contribution is -0.118. The molecule has 1 atom stereocenters. The summed E-state index contributed by atoms with van der Waals surface area (Å²) in [4.78, 5) is 11.3. The smallest absolute Gasteiger partial charge is 0.262 e. The third-order valence-corrected chi connectivity index (χ3v) is 4.16. The third-order valence-electron chi connectivity index (χ3n) is 4.16. The van der Waals surface area contributed by atoms with Gasteiger partial charge < -0.3 is 20.5 Å². The van der Waals surface area contributed by atoms with Crippen LogP contribution in [0.1, 0.15) is 37.8 Å². The number of hydrogen-bond donors (Lipinski definition) is 3. The second-order valence-electron chi connectivity index (χ2n) is 5.77. The van der Waals surface area contributed by atoms with Crippen LogP contribution < -0.4 is 15.4 Å². The van der Waals surface area contributed by atoms with Crippen LogP contribution in [-0.2, 0) is 4.79 Å². The zero-order chi connectivity index (χ0) is 14.2. The molecule has 1 fully saturated rings. The molecule has 108 valence electrons. The first-order valence-electron chi connectivity index (χ1n) is 7.08. The Labute approximate surface area is 118 Å². The Morgan fingerprint density at radius 2 is 2.30 bits per heavy atom. The van der Waals surface area contributed by atoms with Gasteiger partial charge in [-0.25, -0.2) is 0 Å². The molecule has 3 N–H and O–H groups in total. The average Bonchev–Trinajstić information content (AvgIpc) is 2.41. The third kappa shape index (κ3) is 2.64. The number of hydrogen-bond acceptors (Lipinski definition) is 4. The molecule has 1 saturated carbocycles. The highest BCUT2D eigenvalue weighted by Gasteiger charge is 2.34. The second kappa shape index (κ2) is 5.07. The molecule has 0 saturated heterocycles. The Kier molecular flexibility index (Phi) is 3.40. The van der Waals surface area contributed by atoms with Crippen LogP contribution in [0.2, 0.25) is 0 Å². The number of fused-ring (bicyclic) bond motifs is 1. The van der Waals surface area contributed by atoms with Gasteiger partial charge in [-0.2, -0.15) is 0 Å². The highest BCUT2D eigenvalue weighted by molar-refractivity contribution is 5.95. The molecule has 1 aliphatic carbocycles. The van der Waals surface area contributed by atoms with E-state index in [1.54, 1.807) is 0 Å². The first-order valence-corrected chi connectivity index (χ1v) is 7.08. The van der Waals surface area contributed by atoms with Crippen molar-refractivity contribution >= 4 is 11.6 Å². The van der Waals surface area contributed by atoms with Gasteiger partial charge in [0.15, 0.2) is 6.61 Å². The van der Waals surface area contributed by atoms with Crippen LogP contribution in [0.4, 0.5) is 5.69 Å². The van der Waals surface area contributed by atoms with Gasteiger partial charge in [-0.3, -0.25) is 4.79 Å². The Morgan fingerprint density at radius 1 is 1.50 bits per heavy atom. The van der Waals surface area contributed by atoms with E-state index in [1.807, 2.05) is 18.2 Å². The molecular formula is C15H20N2O3. The van der Waals surface area contributed by atoms with E-state index < -0.39 is 5.60 Å². The maximum Gasteiger partial charge on any atom is 0.262 e. The maximum atomic E-state index is 11.3. The molecule has 1 aliphatic heterocycles. The summed E-state index contributed by atoms with van der Waals surface area (Å²) in [7, 11) is 0. The highest BCUT2D eigenvalue weighted by atomic mass is 16.5. The van der Waals surface area contributed by atoms with E-state index in [2.05, 4.69) is 17.6 Å². The van der Waals surface area contributed by atoms with Gasteiger partial charge in [0.05, 0.1) is 11.3 Å². The first kappa shape index (κ1) is 13.4. The number of aliphatic hydroxyl groups is 1. The van der Waals surface area contributed by atoms with Crippen molar-refractivity contribution in [1.82, 2.24) is 5.32 Å². The van der Waals surface area contributed by atoms with Gasteiger partial charge in [0.2, 0.25) is 0 Å². The van der Waals surface area contributed by atoms with Gasteiger partial charge in [0.1, 0.15) is 5.75 Å². The number of rotatable bonds is 4. The van der Waals surface area contributed by atoms with Crippen molar-refractivity contribution in [2.45, 2.75) is 37.8 Å². The van der Waals surface area contributed by atoms with E-state index in [-0.39, 0.29) is 18.6 Å². The van der Waals surface area contributed by atoms with Crippen LogP contribution in [0.15, 0.2) is 18.2 Å². The van der Waals surface area contributed by atoms with Crippen LogP contribution in [0.25, 0.3) is 0 Å². The predicted octanol–water partition coefficient (Wildman–Crippen LogP) is 1.58. The lowest BCUT2D eigenvalue weighted by atomic mass is 9.80. The van der Waals surface area contributed by atoms with Crippen LogP contribution in [0.5, 0.6) is 5.75 Å². The summed E-state index contributed by atoms with van der Waals surface area (Å²) in [6, 6.07) is 5.90. The number of carbonyl (C=O) groups excluding carboxylic acids is 1. The van der Waals surface area contributed by atoms with Crippen molar-refractivity contribution in [2.24, 2.45) is 0 Å². The van der Waals surface area contributed by atoms with Crippen LogP contribution in [0.3, 0.4) is 0 Å². The average molecular weight is 276 g/mol. The van der Waals surface area contributed by atoms with E-state index in [1.165, 1.54) is 0 Å². The molecule has 3 rings (SSSR count). The fourth-order valence-corrected chi connectivity index (χ4v) is 2.59. The lowest BCUT2D eigenvalue weighted by Crippen LogP contribution is -2.46. The molecule has 1 aromatic rings. The predicted molar refractivity (Wildman–Crippen MR) is 75.8 cm³/mol. The molecule has 1 unspecified atom stereocenters. The monoisotopic (exact) mass is 276 g/mol. The molecule has 0 spiro atoms. The van der Waals surface area contributed by atoms with Crippen LogP contribution in [0, 0.1) is 0 Å². The zero-order valence-corrected chi connectivity index (χ0v) is 11.6. The van der Waals surface area contributed by atoms with Crippen molar-refractivity contribution < 1.29 is 14.6 Å². The lowest BCUT2D eigenvalue weighted by Gasteiger charge is -2.37. The summed E-state index contributed by atoms with van der Waals surface area (Å²) in [6.45, 7) is 2.73. The van der Waals surface area contributed by atoms with E-state index in [0.717, 1.165) is 30.5 Å². The summed E-state index contributed by atoms with van der Waals surface area (Å²) < 4.78 is 5.34. The van der Waals surface area contributed by atoms with Gasteiger partial charge in [-0.05, 0) is 43.9 Å². The number of ether oxygens (including phenoxy) is 1. The molecule has 5 nitrogen and oxygen atoms in total. The van der Waals surface area contributed by atoms with E-state index in [0.29, 0.717) is 12.3 Å². The second-order valence-corrected chi connectivity index (χ2v) is 5.77. The maximum absolute atomic E-state index is 11.3. The summed E-state index contributed by atoms with van der Waals surface area (Å²) in [5.41, 5.74) is 1.26.